The summed E-state index contributed by atoms with van der Waals surface area (Å²) in [6.45, 7) is 8.32. The number of nitrogens with zero attached hydrogens (tertiary/aromatic N) is 2. The van der Waals surface area contributed by atoms with Gasteiger partial charge in [0.15, 0.2) is 0 Å². The van der Waals surface area contributed by atoms with Crippen LogP contribution in [0.3, 0.4) is 0 Å². The number of nitrogens with one attached hydrogen (secondary N) is 1. The van der Waals surface area contributed by atoms with Crippen molar-refractivity contribution in [2.75, 3.05) is 33.3 Å². The second-order valence-corrected chi connectivity index (χ2v) is 11.2. The molecule has 3 rings (SSSR count). The van der Waals surface area contributed by atoms with Gasteiger partial charge in [0, 0.05) is 32.1 Å². The van der Waals surface area contributed by atoms with Crippen molar-refractivity contribution in [2.24, 2.45) is 5.92 Å². The number of ether oxygens (including phenoxy) is 1. The number of carbonyl (C=O) groups excluding carboxylic acids is 1. The lowest BCUT2D eigenvalue weighted by atomic mass is 10.0. The number of aliphatic hydroxyl groups excluding tert-OH is 1. The molecule has 1 aliphatic rings. The zero-order valence-electron chi connectivity index (χ0n) is 21.2. The number of hydrogen-bond donors (Lipinski definition) is 2. The second-order valence-electron chi connectivity index (χ2n) is 9.38. The lowest BCUT2D eigenvalue weighted by Gasteiger charge is -2.37. The van der Waals surface area contributed by atoms with Crippen molar-refractivity contribution in [1.82, 2.24) is 14.5 Å². The van der Waals surface area contributed by atoms with Crippen LogP contribution in [0.1, 0.15) is 32.8 Å². The largest absolute Gasteiger partial charge is 0.487 e. The minimum atomic E-state index is -3.92. The number of carbonyl (C=O) groups is 1. The number of urea groups is 1. The van der Waals surface area contributed by atoms with Crippen LogP contribution >= 0.6 is 0 Å². The highest BCUT2D eigenvalue weighted by Gasteiger charge is 2.38. The molecule has 2 aromatic rings. The van der Waals surface area contributed by atoms with E-state index in [-0.39, 0.29) is 42.3 Å². The predicted octanol–water partition coefficient (Wildman–Crippen LogP) is 3.48. The van der Waals surface area contributed by atoms with Gasteiger partial charge in [-0.25, -0.2) is 13.2 Å². The fourth-order valence-corrected chi connectivity index (χ4v) is 5.91. The third-order valence-corrected chi connectivity index (χ3v) is 8.40. The zero-order valence-corrected chi connectivity index (χ0v) is 22.0. The molecule has 0 unspecified atom stereocenters. The number of fused-ring (bicyclic) bond motifs is 1. The maximum Gasteiger partial charge on any atom is 0.317 e. The smallest absolute Gasteiger partial charge is 0.317 e. The Morgan fingerprint density at radius 1 is 1.23 bits per heavy atom. The zero-order chi connectivity index (χ0) is 25.8. The Hall–Kier alpha value is -2.62. The average molecular weight is 504 g/mol. The van der Waals surface area contributed by atoms with Crippen LogP contribution in [0.4, 0.5) is 4.79 Å². The normalized spacial score (nSPS) is 20.6. The number of rotatable bonds is 7. The van der Waals surface area contributed by atoms with Gasteiger partial charge in [-0.15, -0.1) is 0 Å². The standard InChI is InChI=1S/C26H37N3O5S/c1-6-13-27-26(31)28(5)16-24-19(3)15-29(20(4)17-30)35(32,33)25-12-11-22(14-23(25)34-24)21-9-7-18(2)8-10-21/h7-12,14,19-20,24,30H,6,13,15-17H2,1-5H3,(H,27,31)/t19-,20+,24+/m0/s1. The Bertz CT molecular complexity index is 1120. The molecule has 2 N–H and O–H groups in total. The van der Waals surface area contributed by atoms with E-state index in [1.807, 2.05) is 45.0 Å². The van der Waals surface area contributed by atoms with Gasteiger partial charge in [-0.05, 0) is 43.5 Å². The lowest BCUT2D eigenvalue weighted by molar-refractivity contribution is 0.0813. The Morgan fingerprint density at radius 3 is 2.51 bits per heavy atom. The summed E-state index contributed by atoms with van der Waals surface area (Å²) in [6.07, 6.45) is 0.375. The van der Waals surface area contributed by atoms with E-state index in [1.54, 1.807) is 37.1 Å². The molecule has 0 radical (unpaired) electrons. The SMILES string of the molecule is CCCNC(=O)N(C)C[C@H]1Oc2cc(-c3ccc(C)cc3)ccc2S(=O)(=O)N([C@H](C)CO)C[C@@H]1C. The molecule has 1 heterocycles. The highest BCUT2D eigenvalue weighted by atomic mass is 32.2. The van der Waals surface area contributed by atoms with Gasteiger partial charge in [0.1, 0.15) is 16.7 Å². The third-order valence-electron chi connectivity index (χ3n) is 6.38. The molecule has 192 valence electrons. The van der Waals surface area contributed by atoms with Crippen LogP contribution in [-0.4, -0.2) is 74.2 Å². The van der Waals surface area contributed by atoms with Crippen LogP contribution in [0.5, 0.6) is 5.75 Å². The number of amides is 2. The van der Waals surface area contributed by atoms with E-state index in [0.717, 1.165) is 23.1 Å². The molecule has 2 amide bonds. The molecule has 1 aliphatic heterocycles. The number of hydrogen-bond acceptors (Lipinski definition) is 5. The summed E-state index contributed by atoms with van der Waals surface area (Å²) in [4.78, 5) is 14.1. The van der Waals surface area contributed by atoms with Crippen molar-refractivity contribution >= 4 is 16.1 Å². The van der Waals surface area contributed by atoms with E-state index in [4.69, 9.17) is 4.74 Å². The van der Waals surface area contributed by atoms with E-state index in [9.17, 15) is 18.3 Å². The molecule has 9 heteroatoms. The molecular weight excluding hydrogens is 466 g/mol. The summed E-state index contributed by atoms with van der Waals surface area (Å²) in [5, 5.41) is 12.7. The Labute approximate surface area is 208 Å². The molecule has 0 saturated heterocycles. The summed E-state index contributed by atoms with van der Waals surface area (Å²) in [5.41, 5.74) is 2.91. The minimum Gasteiger partial charge on any atom is -0.487 e. The Balaban J connectivity index is 2.05. The number of likely N-dealkylation sites (N-methyl/N-ethyl adjacent to an activating group) is 1. The number of aryl methyl sites for hydroxylation is 1. The summed E-state index contributed by atoms with van der Waals surface area (Å²) in [5.74, 6) is 0.00788. The maximum atomic E-state index is 13.6. The van der Waals surface area contributed by atoms with Crippen LogP contribution in [-0.2, 0) is 10.0 Å². The second kappa shape index (κ2) is 11.4. The molecular formula is C26H37N3O5S. The quantitative estimate of drug-likeness (QED) is 0.603. The van der Waals surface area contributed by atoms with E-state index in [0.29, 0.717) is 6.54 Å². The first-order valence-corrected chi connectivity index (χ1v) is 13.5. The average Bonchev–Trinajstić information content (AvgIpc) is 2.84. The number of benzene rings is 2. The van der Waals surface area contributed by atoms with Gasteiger partial charge in [0.05, 0.1) is 13.2 Å². The first-order valence-electron chi connectivity index (χ1n) is 12.1. The van der Waals surface area contributed by atoms with Crippen molar-refractivity contribution in [1.29, 1.82) is 0 Å². The monoisotopic (exact) mass is 503 g/mol. The molecule has 3 atom stereocenters. The van der Waals surface area contributed by atoms with Gasteiger partial charge in [-0.1, -0.05) is 49.7 Å². The van der Waals surface area contributed by atoms with E-state index < -0.39 is 22.2 Å². The number of sulfonamides is 1. The van der Waals surface area contributed by atoms with Crippen LogP contribution in [0.2, 0.25) is 0 Å². The molecule has 0 aromatic heterocycles. The first kappa shape index (κ1) is 27.0. The van der Waals surface area contributed by atoms with Crippen LogP contribution in [0, 0.1) is 12.8 Å². The molecule has 35 heavy (non-hydrogen) atoms. The van der Waals surface area contributed by atoms with Crippen molar-refractivity contribution in [3.05, 3.63) is 48.0 Å². The summed E-state index contributed by atoms with van der Waals surface area (Å²) in [6, 6.07) is 12.3. The highest BCUT2D eigenvalue weighted by molar-refractivity contribution is 7.89. The first-order chi connectivity index (χ1) is 16.6. The van der Waals surface area contributed by atoms with Crippen molar-refractivity contribution < 1.29 is 23.1 Å². The third kappa shape index (κ3) is 6.15. The number of aliphatic hydroxyl groups is 1. The van der Waals surface area contributed by atoms with Gasteiger partial charge in [-0.2, -0.15) is 4.31 Å². The summed E-state index contributed by atoms with van der Waals surface area (Å²) < 4.78 is 35.0. The molecule has 2 aromatic carbocycles. The van der Waals surface area contributed by atoms with Gasteiger partial charge in [0.25, 0.3) is 0 Å². The van der Waals surface area contributed by atoms with Gasteiger partial charge >= 0.3 is 6.03 Å². The van der Waals surface area contributed by atoms with Crippen molar-refractivity contribution in [3.8, 4) is 16.9 Å². The van der Waals surface area contributed by atoms with Gasteiger partial charge in [-0.3, -0.25) is 0 Å². The predicted molar refractivity (Wildman–Crippen MR) is 137 cm³/mol. The van der Waals surface area contributed by atoms with Crippen LogP contribution < -0.4 is 10.1 Å². The van der Waals surface area contributed by atoms with Crippen molar-refractivity contribution in [3.63, 3.8) is 0 Å². The van der Waals surface area contributed by atoms with Gasteiger partial charge < -0.3 is 20.1 Å². The maximum absolute atomic E-state index is 13.6. The van der Waals surface area contributed by atoms with Gasteiger partial charge in [0.2, 0.25) is 10.0 Å². The van der Waals surface area contributed by atoms with Crippen LogP contribution in [0.15, 0.2) is 47.4 Å². The molecule has 0 aliphatic carbocycles. The molecule has 0 spiro atoms. The Morgan fingerprint density at radius 2 is 1.89 bits per heavy atom. The van der Waals surface area contributed by atoms with E-state index in [2.05, 4.69) is 5.32 Å². The van der Waals surface area contributed by atoms with E-state index in [1.165, 1.54) is 4.31 Å². The molecule has 0 bridgehead atoms. The van der Waals surface area contributed by atoms with Crippen LogP contribution in [0.25, 0.3) is 11.1 Å². The minimum absolute atomic E-state index is 0.0589. The fourth-order valence-electron chi connectivity index (χ4n) is 4.09. The lowest BCUT2D eigenvalue weighted by Crippen LogP contribution is -2.51. The summed E-state index contributed by atoms with van der Waals surface area (Å²) in [7, 11) is -2.21. The Kier molecular flexibility index (Phi) is 8.79. The van der Waals surface area contributed by atoms with Crippen molar-refractivity contribution in [2.45, 2.75) is 51.2 Å². The molecule has 8 nitrogen and oxygen atoms in total. The highest BCUT2D eigenvalue weighted by Crippen LogP contribution is 2.36. The molecule has 0 fully saturated rings. The van der Waals surface area contributed by atoms with E-state index >= 15 is 0 Å². The summed E-state index contributed by atoms with van der Waals surface area (Å²) >= 11 is 0. The fraction of sp³-hybridized carbons (Fsp3) is 0.500. The molecule has 0 saturated carbocycles. The topological polar surface area (TPSA) is 99.2 Å².